The summed E-state index contributed by atoms with van der Waals surface area (Å²) in [6.07, 6.45) is 1.54. The van der Waals surface area contributed by atoms with Gasteiger partial charge in [0.2, 0.25) is 0 Å². The van der Waals surface area contributed by atoms with Gasteiger partial charge in [-0.25, -0.2) is 5.43 Å². The molecule has 21 heavy (non-hydrogen) atoms. The average Bonchev–Trinajstić information content (AvgIpc) is 2.48. The predicted octanol–water partition coefficient (Wildman–Crippen LogP) is 3.98. The normalized spacial score (nSPS) is 10.6. The summed E-state index contributed by atoms with van der Waals surface area (Å²) in [6.45, 7) is 0. The molecular weight excluding hydrogens is 400 g/mol. The molecule has 2 rings (SSSR count). The van der Waals surface area contributed by atoms with Gasteiger partial charge in [0, 0.05) is 20.1 Å². The molecule has 0 heterocycles. The fourth-order valence-electron chi connectivity index (χ4n) is 1.63. The predicted molar refractivity (Wildman–Crippen MR) is 89.9 cm³/mol. The summed E-state index contributed by atoms with van der Waals surface area (Å²) in [6, 6.07) is 12.6. The van der Waals surface area contributed by atoms with Gasteiger partial charge in [0.25, 0.3) is 5.91 Å². The standard InChI is InChI=1S/C15H12Br2N2O2/c1-21-14-7-6-13(17)8-11(14)9-18-19-15(20)10-2-4-12(16)5-3-10/h2-9H,1H3,(H,19,20). The van der Waals surface area contributed by atoms with Crippen LogP contribution in [0, 0.1) is 0 Å². The fourth-order valence-corrected chi connectivity index (χ4v) is 2.28. The summed E-state index contributed by atoms with van der Waals surface area (Å²) in [5.41, 5.74) is 3.79. The third-order valence-corrected chi connectivity index (χ3v) is 3.69. The summed E-state index contributed by atoms with van der Waals surface area (Å²) in [7, 11) is 1.58. The highest BCUT2D eigenvalue weighted by molar-refractivity contribution is 9.10. The van der Waals surface area contributed by atoms with Gasteiger partial charge in [-0.1, -0.05) is 31.9 Å². The molecule has 4 nitrogen and oxygen atoms in total. The van der Waals surface area contributed by atoms with Gasteiger partial charge in [-0.2, -0.15) is 5.10 Å². The lowest BCUT2D eigenvalue weighted by Crippen LogP contribution is -2.17. The number of methoxy groups -OCH3 is 1. The van der Waals surface area contributed by atoms with E-state index in [4.69, 9.17) is 4.74 Å². The molecule has 0 saturated carbocycles. The fraction of sp³-hybridized carbons (Fsp3) is 0.0667. The maximum Gasteiger partial charge on any atom is 0.271 e. The second-order valence-corrected chi connectivity index (χ2v) is 5.92. The zero-order valence-corrected chi connectivity index (χ0v) is 14.3. The Labute approximate surface area is 139 Å². The number of hydrazone groups is 1. The van der Waals surface area contributed by atoms with Crippen molar-refractivity contribution in [3.63, 3.8) is 0 Å². The molecule has 0 fully saturated rings. The minimum absolute atomic E-state index is 0.271. The highest BCUT2D eigenvalue weighted by Gasteiger charge is 2.04. The molecule has 0 spiro atoms. The van der Waals surface area contributed by atoms with Crippen LogP contribution in [-0.2, 0) is 0 Å². The number of nitrogens with one attached hydrogen (secondary N) is 1. The summed E-state index contributed by atoms with van der Waals surface area (Å²) < 4.78 is 7.05. The van der Waals surface area contributed by atoms with E-state index in [0.29, 0.717) is 11.3 Å². The van der Waals surface area contributed by atoms with E-state index in [2.05, 4.69) is 42.4 Å². The van der Waals surface area contributed by atoms with Crippen LogP contribution in [-0.4, -0.2) is 19.2 Å². The molecule has 0 unspecified atom stereocenters. The molecule has 2 aromatic carbocycles. The second-order valence-electron chi connectivity index (χ2n) is 4.09. The number of carbonyl (C=O) groups excluding carboxylic acids is 1. The summed E-state index contributed by atoms with van der Waals surface area (Å²) in [5, 5.41) is 3.95. The van der Waals surface area contributed by atoms with Crippen molar-refractivity contribution in [2.45, 2.75) is 0 Å². The molecular formula is C15H12Br2N2O2. The topological polar surface area (TPSA) is 50.7 Å². The number of ether oxygens (including phenoxy) is 1. The Bertz CT molecular complexity index is 670. The van der Waals surface area contributed by atoms with Crippen LogP contribution >= 0.6 is 31.9 Å². The van der Waals surface area contributed by atoms with Crippen LogP contribution in [0.2, 0.25) is 0 Å². The molecule has 0 aliphatic heterocycles. The van der Waals surface area contributed by atoms with E-state index >= 15 is 0 Å². The Balaban J connectivity index is 2.07. The minimum Gasteiger partial charge on any atom is -0.496 e. The summed E-state index contributed by atoms with van der Waals surface area (Å²) >= 11 is 6.70. The molecule has 6 heteroatoms. The summed E-state index contributed by atoms with van der Waals surface area (Å²) in [5.74, 6) is 0.410. The Morgan fingerprint density at radius 2 is 1.81 bits per heavy atom. The average molecular weight is 412 g/mol. The van der Waals surface area contributed by atoms with Gasteiger partial charge in [-0.3, -0.25) is 4.79 Å². The molecule has 0 aromatic heterocycles. The molecule has 1 amide bonds. The van der Waals surface area contributed by atoms with Gasteiger partial charge in [0.1, 0.15) is 5.75 Å². The van der Waals surface area contributed by atoms with Gasteiger partial charge in [0.05, 0.1) is 13.3 Å². The lowest BCUT2D eigenvalue weighted by molar-refractivity contribution is 0.0955. The molecule has 108 valence electrons. The lowest BCUT2D eigenvalue weighted by atomic mass is 10.2. The number of rotatable bonds is 4. The second kappa shape index (κ2) is 7.38. The minimum atomic E-state index is -0.271. The first-order valence-electron chi connectivity index (χ1n) is 6.02. The number of carbonyl (C=O) groups is 1. The van der Waals surface area contributed by atoms with Crippen molar-refractivity contribution in [2.24, 2.45) is 5.10 Å². The van der Waals surface area contributed by atoms with E-state index in [1.165, 1.54) is 0 Å². The first-order chi connectivity index (χ1) is 10.1. The smallest absolute Gasteiger partial charge is 0.271 e. The van der Waals surface area contributed by atoms with Crippen LogP contribution in [0.3, 0.4) is 0 Å². The van der Waals surface area contributed by atoms with Crippen molar-refractivity contribution in [1.82, 2.24) is 5.43 Å². The van der Waals surface area contributed by atoms with E-state index in [1.807, 2.05) is 18.2 Å². The Morgan fingerprint density at radius 1 is 1.14 bits per heavy atom. The molecule has 0 saturated heterocycles. The zero-order valence-electron chi connectivity index (χ0n) is 11.1. The highest BCUT2D eigenvalue weighted by atomic mass is 79.9. The van der Waals surface area contributed by atoms with Gasteiger partial charge in [-0.05, 0) is 42.5 Å². The van der Waals surface area contributed by atoms with Crippen LogP contribution < -0.4 is 10.2 Å². The molecule has 0 atom stereocenters. The number of hydrogen-bond donors (Lipinski definition) is 1. The zero-order chi connectivity index (χ0) is 15.2. The van der Waals surface area contributed by atoms with Crippen LogP contribution in [0.1, 0.15) is 15.9 Å². The number of amides is 1. The first kappa shape index (κ1) is 15.7. The van der Waals surface area contributed by atoms with Crippen molar-refractivity contribution in [3.8, 4) is 5.75 Å². The molecule has 0 radical (unpaired) electrons. The maximum atomic E-state index is 11.9. The maximum absolute atomic E-state index is 11.9. The number of hydrogen-bond acceptors (Lipinski definition) is 3. The largest absolute Gasteiger partial charge is 0.496 e. The van der Waals surface area contributed by atoms with Crippen LogP contribution in [0.5, 0.6) is 5.75 Å². The van der Waals surface area contributed by atoms with Crippen molar-refractivity contribution in [2.75, 3.05) is 7.11 Å². The third-order valence-electron chi connectivity index (χ3n) is 2.67. The SMILES string of the molecule is COc1ccc(Br)cc1C=NNC(=O)c1ccc(Br)cc1. The molecule has 0 bridgehead atoms. The van der Waals surface area contributed by atoms with Crippen LogP contribution in [0.25, 0.3) is 0 Å². The van der Waals surface area contributed by atoms with Crippen molar-refractivity contribution >= 4 is 44.0 Å². The van der Waals surface area contributed by atoms with Crippen LogP contribution in [0.15, 0.2) is 56.5 Å². The highest BCUT2D eigenvalue weighted by Crippen LogP contribution is 2.21. The molecule has 1 N–H and O–H groups in total. The van der Waals surface area contributed by atoms with Gasteiger partial charge in [0.15, 0.2) is 0 Å². The van der Waals surface area contributed by atoms with Gasteiger partial charge >= 0.3 is 0 Å². The van der Waals surface area contributed by atoms with E-state index in [1.54, 1.807) is 37.6 Å². The number of halogens is 2. The summed E-state index contributed by atoms with van der Waals surface area (Å²) in [4.78, 5) is 11.9. The molecule has 2 aromatic rings. The van der Waals surface area contributed by atoms with E-state index in [9.17, 15) is 4.79 Å². The van der Waals surface area contributed by atoms with Gasteiger partial charge < -0.3 is 4.74 Å². The number of benzene rings is 2. The van der Waals surface area contributed by atoms with E-state index < -0.39 is 0 Å². The monoisotopic (exact) mass is 410 g/mol. The van der Waals surface area contributed by atoms with E-state index in [0.717, 1.165) is 14.5 Å². The van der Waals surface area contributed by atoms with Crippen molar-refractivity contribution < 1.29 is 9.53 Å². The molecule has 0 aliphatic rings. The first-order valence-corrected chi connectivity index (χ1v) is 7.61. The van der Waals surface area contributed by atoms with Crippen molar-refractivity contribution in [1.29, 1.82) is 0 Å². The Kier molecular flexibility index (Phi) is 5.52. The third kappa shape index (κ3) is 4.41. The number of nitrogens with zero attached hydrogens (tertiary/aromatic N) is 1. The molecule has 0 aliphatic carbocycles. The van der Waals surface area contributed by atoms with E-state index in [-0.39, 0.29) is 5.91 Å². The van der Waals surface area contributed by atoms with Crippen molar-refractivity contribution in [3.05, 3.63) is 62.5 Å². The van der Waals surface area contributed by atoms with Gasteiger partial charge in [-0.15, -0.1) is 0 Å². The quantitative estimate of drug-likeness (QED) is 0.610. The lowest BCUT2D eigenvalue weighted by Gasteiger charge is -2.04. The Hall–Kier alpha value is -1.66. The van der Waals surface area contributed by atoms with Crippen LogP contribution in [0.4, 0.5) is 0 Å². The Morgan fingerprint density at radius 3 is 2.48 bits per heavy atom.